The van der Waals surface area contributed by atoms with Crippen molar-refractivity contribution in [3.8, 4) is 0 Å². The van der Waals surface area contributed by atoms with Crippen molar-refractivity contribution in [1.29, 1.82) is 0 Å². The van der Waals surface area contributed by atoms with Gasteiger partial charge in [0.05, 0.1) is 17.8 Å². The molecule has 1 aliphatic heterocycles. The molecule has 1 aromatic rings. The van der Waals surface area contributed by atoms with E-state index in [0.29, 0.717) is 36.0 Å². The second-order valence-electron chi connectivity index (χ2n) is 8.05. The molecule has 3 N–H and O–H groups in total. The Hall–Kier alpha value is -1.32. The van der Waals surface area contributed by atoms with Crippen LogP contribution < -0.4 is 6.15 Å². The van der Waals surface area contributed by atoms with Crippen molar-refractivity contribution < 1.29 is 27.4 Å². The normalized spacial score (nSPS) is 17.1. The largest absolute Gasteiger partial charge is 0.444 e. The second kappa shape index (κ2) is 9.00. The van der Waals surface area contributed by atoms with E-state index in [-0.39, 0.29) is 18.9 Å². The summed E-state index contributed by atoms with van der Waals surface area (Å²) in [7, 11) is 0. The van der Waals surface area contributed by atoms with Gasteiger partial charge in [-0.3, -0.25) is 0 Å². The minimum atomic E-state index is -4.40. The molecule has 0 radical (unpaired) electrons. The molecule has 0 saturated carbocycles. The van der Waals surface area contributed by atoms with Crippen molar-refractivity contribution >= 4 is 22.0 Å². The fourth-order valence-corrected chi connectivity index (χ4v) is 3.33. The lowest BCUT2D eigenvalue weighted by atomic mass is 9.93. The molecule has 1 heterocycles. The predicted molar refractivity (Wildman–Crippen MR) is 104 cm³/mol. The number of likely N-dealkylation sites (tertiary alicyclic amines) is 1. The summed E-state index contributed by atoms with van der Waals surface area (Å²) in [6.45, 7) is 8.41. The standard InChI is InChI=1S/C19H25BrF3NO3.H3N/c1-17(2,3)27-16(25)24-7-5-18(4,6-8-24)26-12-13-9-14(19(21,22)23)11-15(20)10-13;/h9-11H,5-8,12H2,1-4H3;1H3. The van der Waals surface area contributed by atoms with Crippen LogP contribution in [0.4, 0.5) is 18.0 Å². The highest BCUT2D eigenvalue weighted by atomic mass is 79.9. The Morgan fingerprint density at radius 1 is 1.18 bits per heavy atom. The zero-order chi connectivity index (χ0) is 20.5. The zero-order valence-corrected chi connectivity index (χ0v) is 18.2. The molecule has 160 valence electrons. The molecule has 0 bridgehead atoms. The van der Waals surface area contributed by atoms with Gasteiger partial charge in [0.1, 0.15) is 5.60 Å². The fourth-order valence-electron chi connectivity index (χ4n) is 2.79. The van der Waals surface area contributed by atoms with Crippen LogP contribution in [0.5, 0.6) is 0 Å². The summed E-state index contributed by atoms with van der Waals surface area (Å²) >= 11 is 3.12. The molecule has 1 aliphatic rings. The van der Waals surface area contributed by atoms with Crippen LogP contribution >= 0.6 is 15.9 Å². The van der Waals surface area contributed by atoms with Gasteiger partial charge < -0.3 is 20.5 Å². The minimum absolute atomic E-state index is 0. The van der Waals surface area contributed by atoms with Gasteiger partial charge in [-0.25, -0.2) is 4.79 Å². The van der Waals surface area contributed by atoms with Gasteiger partial charge >= 0.3 is 12.3 Å². The van der Waals surface area contributed by atoms with Gasteiger partial charge in [0.15, 0.2) is 0 Å². The van der Waals surface area contributed by atoms with Crippen molar-refractivity contribution in [2.75, 3.05) is 13.1 Å². The highest BCUT2D eigenvalue weighted by Crippen LogP contribution is 2.33. The van der Waals surface area contributed by atoms with Crippen molar-refractivity contribution in [2.24, 2.45) is 0 Å². The van der Waals surface area contributed by atoms with E-state index in [2.05, 4.69) is 15.9 Å². The maximum atomic E-state index is 12.9. The Morgan fingerprint density at radius 2 is 1.75 bits per heavy atom. The molecule has 1 saturated heterocycles. The maximum Gasteiger partial charge on any atom is 0.416 e. The summed E-state index contributed by atoms with van der Waals surface area (Å²) in [6, 6.07) is 3.77. The zero-order valence-electron chi connectivity index (χ0n) is 16.7. The first kappa shape index (κ1) is 24.7. The van der Waals surface area contributed by atoms with E-state index >= 15 is 0 Å². The van der Waals surface area contributed by atoms with E-state index in [1.807, 2.05) is 27.7 Å². The number of amides is 1. The second-order valence-corrected chi connectivity index (χ2v) is 8.97. The highest BCUT2D eigenvalue weighted by Gasteiger charge is 2.35. The molecular weight excluding hydrogens is 441 g/mol. The quantitative estimate of drug-likeness (QED) is 0.595. The van der Waals surface area contributed by atoms with Crippen LogP contribution in [-0.4, -0.2) is 35.3 Å². The number of ether oxygens (including phenoxy) is 2. The number of nitrogens with zero attached hydrogens (tertiary/aromatic N) is 1. The number of halogens is 4. The van der Waals surface area contributed by atoms with Crippen LogP contribution in [0.3, 0.4) is 0 Å². The third kappa shape index (κ3) is 7.25. The molecular formula is C19H28BrF3N2O3. The summed E-state index contributed by atoms with van der Waals surface area (Å²) in [5.74, 6) is 0. The van der Waals surface area contributed by atoms with Crippen molar-refractivity contribution in [1.82, 2.24) is 11.1 Å². The molecule has 5 nitrogen and oxygen atoms in total. The smallest absolute Gasteiger partial charge is 0.416 e. The molecule has 0 spiro atoms. The average molecular weight is 469 g/mol. The fraction of sp³-hybridized carbons (Fsp3) is 0.632. The van der Waals surface area contributed by atoms with Gasteiger partial charge in [0.25, 0.3) is 0 Å². The Kier molecular flexibility index (Phi) is 7.95. The molecule has 1 fully saturated rings. The van der Waals surface area contributed by atoms with Crippen LogP contribution in [0.1, 0.15) is 51.7 Å². The first-order valence-corrected chi connectivity index (χ1v) is 9.55. The average Bonchev–Trinajstić information content (AvgIpc) is 2.51. The number of hydrogen-bond donors (Lipinski definition) is 1. The van der Waals surface area contributed by atoms with Crippen molar-refractivity contribution in [3.63, 3.8) is 0 Å². The number of hydrogen-bond acceptors (Lipinski definition) is 4. The van der Waals surface area contributed by atoms with E-state index in [9.17, 15) is 18.0 Å². The topological polar surface area (TPSA) is 73.8 Å². The highest BCUT2D eigenvalue weighted by molar-refractivity contribution is 9.10. The third-order valence-electron chi connectivity index (χ3n) is 4.35. The Morgan fingerprint density at radius 3 is 2.25 bits per heavy atom. The van der Waals surface area contributed by atoms with Crippen LogP contribution in [0.25, 0.3) is 0 Å². The van der Waals surface area contributed by atoms with Gasteiger partial charge in [0, 0.05) is 17.6 Å². The van der Waals surface area contributed by atoms with Crippen LogP contribution in [0.15, 0.2) is 22.7 Å². The lowest BCUT2D eigenvalue weighted by molar-refractivity contribution is -0.137. The lowest BCUT2D eigenvalue weighted by Gasteiger charge is -2.39. The number of alkyl halides is 3. The maximum absolute atomic E-state index is 12.9. The number of carbonyl (C=O) groups excluding carboxylic acids is 1. The molecule has 0 aliphatic carbocycles. The predicted octanol–water partition coefficient (Wildman–Crippen LogP) is 5.94. The monoisotopic (exact) mass is 468 g/mol. The molecule has 0 unspecified atom stereocenters. The van der Waals surface area contributed by atoms with Gasteiger partial charge in [-0.05, 0) is 64.3 Å². The lowest BCUT2D eigenvalue weighted by Crippen LogP contribution is -2.47. The number of rotatable bonds is 3. The molecule has 2 rings (SSSR count). The molecule has 1 aromatic carbocycles. The minimum Gasteiger partial charge on any atom is -0.444 e. The van der Waals surface area contributed by atoms with Gasteiger partial charge in [-0.15, -0.1) is 0 Å². The first-order valence-electron chi connectivity index (χ1n) is 8.76. The van der Waals surface area contributed by atoms with Gasteiger partial charge in [-0.1, -0.05) is 15.9 Å². The van der Waals surface area contributed by atoms with Gasteiger partial charge in [0.2, 0.25) is 0 Å². The molecule has 9 heteroatoms. The van der Waals surface area contributed by atoms with Crippen LogP contribution in [0, 0.1) is 0 Å². The molecule has 0 aromatic heterocycles. The summed E-state index contributed by atoms with van der Waals surface area (Å²) in [4.78, 5) is 13.8. The number of benzene rings is 1. The van der Waals surface area contributed by atoms with Crippen molar-refractivity contribution in [2.45, 2.75) is 64.5 Å². The summed E-state index contributed by atoms with van der Waals surface area (Å²) in [6.07, 6.45) is -3.58. The summed E-state index contributed by atoms with van der Waals surface area (Å²) < 4.78 is 50.5. The van der Waals surface area contributed by atoms with Crippen LogP contribution in [-0.2, 0) is 22.3 Å². The van der Waals surface area contributed by atoms with E-state index in [4.69, 9.17) is 9.47 Å². The molecule has 1 amide bonds. The SMILES string of the molecule is CC(C)(C)OC(=O)N1CCC(C)(OCc2cc(Br)cc(C(F)(F)F)c2)CC1.N. The Labute approximate surface area is 172 Å². The van der Waals surface area contributed by atoms with Gasteiger partial charge in [-0.2, -0.15) is 13.2 Å². The Balaban J connectivity index is 0.00000392. The van der Waals surface area contributed by atoms with Crippen molar-refractivity contribution in [3.05, 3.63) is 33.8 Å². The van der Waals surface area contributed by atoms with Crippen LogP contribution in [0.2, 0.25) is 0 Å². The molecule has 28 heavy (non-hydrogen) atoms. The third-order valence-corrected chi connectivity index (χ3v) is 4.80. The molecule has 0 atom stereocenters. The first-order chi connectivity index (χ1) is 12.3. The Bertz CT molecular complexity index is 682. The van der Waals surface area contributed by atoms with E-state index in [1.165, 1.54) is 0 Å². The number of carbonyl (C=O) groups is 1. The summed E-state index contributed by atoms with van der Waals surface area (Å²) in [5.41, 5.74) is -1.31. The van der Waals surface area contributed by atoms with E-state index in [1.54, 1.807) is 11.0 Å². The van der Waals surface area contributed by atoms with E-state index < -0.39 is 22.9 Å². The van der Waals surface area contributed by atoms with E-state index in [0.717, 1.165) is 12.1 Å². The summed E-state index contributed by atoms with van der Waals surface area (Å²) in [5, 5.41) is 0. The number of piperidine rings is 1.